The van der Waals surface area contributed by atoms with Gasteiger partial charge in [-0.15, -0.1) is 0 Å². The lowest BCUT2D eigenvalue weighted by molar-refractivity contribution is -0.122. The van der Waals surface area contributed by atoms with Crippen LogP contribution in [0.1, 0.15) is 22.3 Å². The van der Waals surface area contributed by atoms with E-state index >= 15 is 0 Å². The molecule has 1 aliphatic rings. The van der Waals surface area contributed by atoms with Gasteiger partial charge in [-0.05, 0) is 31.2 Å². The van der Waals surface area contributed by atoms with Crippen molar-refractivity contribution >= 4 is 34.8 Å². The van der Waals surface area contributed by atoms with Gasteiger partial charge in [-0.25, -0.2) is 0 Å². The Morgan fingerprint density at radius 1 is 0.886 bits per heavy atom. The number of rotatable bonds is 7. The number of ether oxygens (including phenoxy) is 2. The third-order valence-electron chi connectivity index (χ3n) is 5.91. The molecule has 0 unspecified atom stereocenters. The van der Waals surface area contributed by atoms with E-state index in [2.05, 4.69) is 10.6 Å². The molecule has 1 saturated heterocycles. The largest absolute Gasteiger partial charge is 0.494 e. The van der Waals surface area contributed by atoms with Crippen molar-refractivity contribution in [2.45, 2.75) is 13.3 Å². The van der Waals surface area contributed by atoms with E-state index in [0.717, 1.165) is 11.3 Å². The summed E-state index contributed by atoms with van der Waals surface area (Å²) >= 11 is 0. The van der Waals surface area contributed by atoms with E-state index in [1.165, 1.54) is 14.2 Å². The van der Waals surface area contributed by atoms with E-state index in [1.54, 1.807) is 41.3 Å². The normalized spacial score (nSPS) is 15.0. The number of hydrogen-bond acceptors (Lipinski definition) is 5. The van der Waals surface area contributed by atoms with Crippen LogP contribution in [0, 0.1) is 12.8 Å². The number of hydrogen-bond donors (Lipinski definition) is 2. The highest BCUT2D eigenvalue weighted by Crippen LogP contribution is 2.37. The monoisotopic (exact) mass is 473 g/mol. The van der Waals surface area contributed by atoms with Crippen molar-refractivity contribution in [3.05, 3.63) is 77.9 Å². The maximum Gasteiger partial charge on any atom is 0.255 e. The minimum absolute atomic E-state index is 0.0995. The second kappa shape index (κ2) is 10.3. The van der Waals surface area contributed by atoms with Crippen LogP contribution in [-0.4, -0.2) is 38.5 Å². The van der Waals surface area contributed by atoms with Gasteiger partial charge in [0.25, 0.3) is 5.91 Å². The van der Waals surface area contributed by atoms with Gasteiger partial charge >= 0.3 is 0 Å². The van der Waals surface area contributed by atoms with Crippen LogP contribution in [0.4, 0.5) is 17.1 Å². The lowest BCUT2D eigenvalue weighted by Crippen LogP contribution is -2.28. The van der Waals surface area contributed by atoms with Crippen molar-refractivity contribution in [1.82, 2.24) is 0 Å². The lowest BCUT2D eigenvalue weighted by Gasteiger charge is -2.18. The number of nitrogens with zero attached hydrogens (tertiary/aromatic N) is 1. The van der Waals surface area contributed by atoms with E-state index < -0.39 is 5.92 Å². The molecule has 0 aliphatic carbocycles. The Morgan fingerprint density at radius 3 is 2.09 bits per heavy atom. The third-order valence-corrected chi connectivity index (χ3v) is 5.91. The van der Waals surface area contributed by atoms with E-state index in [9.17, 15) is 14.4 Å². The first kappa shape index (κ1) is 23.8. The molecule has 0 saturated carbocycles. The van der Waals surface area contributed by atoms with Crippen molar-refractivity contribution < 1.29 is 23.9 Å². The van der Waals surface area contributed by atoms with E-state index in [-0.39, 0.29) is 24.1 Å². The molecule has 1 heterocycles. The third kappa shape index (κ3) is 5.27. The molecule has 35 heavy (non-hydrogen) atoms. The van der Waals surface area contributed by atoms with Gasteiger partial charge in [-0.1, -0.05) is 35.9 Å². The summed E-state index contributed by atoms with van der Waals surface area (Å²) in [6.45, 7) is 2.27. The minimum atomic E-state index is -0.517. The van der Waals surface area contributed by atoms with E-state index in [0.29, 0.717) is 35.0 Å². The van der Waals surface area contributed by atoms with Crippen LogP contribution in [0.25, 0.3) is 0 Å². The van der Waals surface area contributed by atoms with Crippen molar-refractivity contribution in [2.75, 3.05) is 36.3 Å². The lowest BCUT2D eigenvalue weighted by atomic mass is 10.1. The maximum atomic E-state index is 13.1. The number of carbonyl (C=O) groups is 3. The van der Waals surface area contributed by atoms with Gasteiger partial charge in [0.05, 0.1) is 31.5 Å². The van der Waals surface area contributed by atoms with Crippen molar-refractivity contribution in [3.8, 4) is 11.5 Å². The van der Waals surface area contributed by atoms with Gasteiger partial charge in [-0.2, -0.15) is 0 Å². The highest BCUT2D eigenvalue weighted by Gasteiger charge is 2.35. The maximum absolute atomic E-state index is 13.1. The Kier molecular flexibility index (Phi) is 7.01. The summed E-state index contributed by atoms with van der Waals surface area (Å²) in [7, 11) is 2.94. The van der Waals surface area contributed by atoms with Gasteiger partial charge in [-0.3, -0.25) is 14.4 Å². The van der Waals surface area contributed by atoms with Crippen molar-refractivity contribution in [1.29, 1.82) is 0 Å². The second-order valence-electron chi connectivity index (χ2n) is 8.30. The van der Waals surface area contributed by atoms with Crippen molar-refractivity contribution in [2.24, 2.45) is 5.92 Å². The molecule has 1 atom stereocenters. The van der Waals surface area contributed by atoms with Gasteiger partial charge in [0, 0.05) is 36.3 Å². The number of methoxy groups -OCH3 is 2. The summed E-state index contributed by atoms with van der Waals surface area (Å²) in [6, 6.07) is 19.6. The number of nitrogens with one attached hydrogen (secondary N) is 2. The molecule has 3 aromatic rings. The summed E-state index contributed by atoms with van der Waals surface area (Å²) < 4.78 is 10.9. The average Bonchev–Trinajstić information content (AvgIpc) is 3.27. The smallest absolute Gasteiger partial charge is 0.255 e. The topological polar surface area (TPSA) is 97.0 Å². The summed E-state index contributed by atoms with van der Waals surface area (Å²) in [5, 5.41) is 5.67. The summed E-state index contributed by atoms with van der Waals surface area (Å²) in [6.07, 6.45) is 0.115. The molecule has 1 fully saturated rings. The van der Waals surface area contributed by atoms with Crippen LogP contribution in [0.15, 0.2) is 66.7 Å². The number of carbonyl (C=O) groups excluding carboxylic acids is 3. The summed E-state index contributed by atoms with van der Waals surface area (Å²) in [4.78, 5) is 39.9. The van der Waals surface area contributed by atoms with Gasteiger partial charge < -0.3 is 25.0 Å². The molecule has 0 spiro atoms. The molecule has 8 heteroatoms. The highest BCUT2D eigenvalue weighted by molar-refractivity contribution is 6.06. The van der Waals surface area contributed by atoms with Gasteiger partial charge in [0.1, 0.15) is 11.5 Å². The predicted molar refractivity (Wildman–Crippen MR) is 134 cm³/mol. The molecule has 2 N–H and O–H groups in total. The number of anilines is 3. The average molecular weight is 474 g/mol. The van der Waals surface area contributed by atoms with Crippen molar-refractivity contribution in [3.63, 3.8) is 0 Å². The molecule has 0 radical (unpaired) electrons. The fourth-order valence-corrected chi connectivity index (χ4v) is 3.97. The zero-order valence-corrected chi connectivity index (χ0v) is 19.8. The highest BCUT2D eigenvalue weighted by atomic mass is 16.5. The molecular weight excluding hydrogens is 446 g/mol. The standard InChI is InChI=1S/C27H27N3O5/c1-17-9-11-20(12-10-17)30-16-19(13-25(30)31)27(33)29-22-15-23(34-2)21(14-24(22)35-3)28-26(32)18-7-5-4-6-8-18/h4-12,14-15,19H,13,16H2,1-3H3,(H,28,32)(H,29,33)/t19-/m1/s1. The Labute approximate surface area is 203 Å². The molecule has 3 amide bonds. The van der Waals surface area contributed by atoms with Crippen LogP contribution < -0.4 is 25.0 Å². The Balaban J connectivity index is 1.50. The van der Waals surface area contributed by atoms with E-state index in [4.69, 9.17) is 9.47 Å². The first-order valence-corrected chi connectivity index (χ1v) is 11.2. The van der Waals surface area contributed by atoms with Gasteiger partial charge in [0.2, 0.25) is 11.8 Å². The molecule has 0 aromatic heterocycles. The zero-order chi connectivity index (χ0) is 24.9. The number of aryl methyl sites for hydroxylation is 1. The predicted octanol–water partition coefficient (Wildman–Crippen LogP) is 4.26. The molecule has 8 nitrogen and oxygen atoms in total. The van der Waals surface area contributed by atoms with Crippen LogP contribution in [0.3, 0.4) is 0 Å². The second-order valence-corrected chi connectivity index (χ2v) is 8.30. The molecule has 180 valence electrons. The fraction of sp³-hybridized carbons (Fsp3) is 0.222. The zero-order valence-electron chi connectivity index (χ0n) is 19.8. The Bertz CT molecular complexity index is 1240. The van der Waals surface area contributed by atoms with Gasteiger partial charge in [0.15, 0.2) is 0 Å². The molecular formula is C27H27N3O5. The number of benzene rings is 3. The van der Waals surface area contributed by atoms with Crippen LogP contribution >= 0.6 is 0 Å². The summed E-state index contributed by atoms with van der Waals surface area (Å²) in [5.41, 5.74) is 3.15. The molecule has 4 rings (SSSR count). The SMILES string of the molecule is COc1cc(NC(=O)[C@@H]2CC(=O)N(c3ccc(C)cc3)C2)c(OC)cc1NC(=O)c1ccccc1. The first-order chi connectivity index (χ1) is 16.9. The fourth-order valence-electron chi connectivity index (χ4n) is 3.97. The first-order valence-electron chi connectivity index (χ1n) is 11.2. The van der Waals surface area contributed by atoms with Crippen LogP contribution in [-0.2, 0) is 9.59 Å². The van der Waals surface area contributed by atoms with Crippen LogP contribution in [0.2, 0.25) is 0 Å². The van der Waals surface area contributed by atoms with E-state index in [1.807, 2.05) is 37.3 Å². The quantitative estimate of drug-likeness (QED) is 0.535. The number of amides is 3. The summed E-state index contributed by atoms with van der Waals surface area (Å²) in [5.74, 6) is -0.510. The van der Waals surface area contributed by atoms with Crippen LogP contribution in [0.5, 0.6) is 11.5 Å². The molecule has 1 aliphatic heterocycles. The minimum Gasteiger partial charge on any atom is -0.494 e. The Morgan fingerprint density at radius 2 is 1.49 bits per heavy atom. The molecule has 0 bridgehead atoms. The molecule has 3 aromatic carbocycles. The Hall–Kier alpha value is -4.33.